The number of methoxy groups -OCH3 is 1. The molecule has 1 aliphatic rings. The number of rotatable bonds is 5. The summed E-state index contributed by atoms with van der Waals surface area (Å²) >= 11 is 0. The van der Waals surface area contributed by atoms with Crippen LogP contribution in [0, 0.1) is 11.3 Å². The number of nitriles is 1. The minimum absolute atomic E-state index is 0.522. The molecule has 1 atom stereocenters. The summed E-state index contributed by atoms with van der Waals surface area (Å²) in [5.41, 5.74) is 4.65. The molecule has 30 heavy (non-hydrogen) atoms. The molecule has 4 rings (SSSR count). The van der Waals surface area contributed by atoms with Crippen LogP contribution in [0.3, 0.4) is 0 Å². The lowest BCUT2D eigenvalue weighted by molar-refractivity contribution is -0.107. The number of allylic oxidation sites excluding steroid dienone is 2. The van der Waals surface area contributed by atoms with E-state index in [1.165, 1.54) is 0 Å². The fourth-order valence-electron chi connectivity index (χ4n) is 3.58. The van der Waals surface area contributed by atoms with Crippen LogP contribution in [0.1, 0.15) is 16.7 Å². The van der Waals surface area contributed by atoms with Gasteiger partial charge in [0.25, 0.3) is 0 Å². The zero-order valence-electron chi connectivity index (χ0n) is 16.4. The second-order valence-corrected chi connectivity index (χ2v) is 6.77. The highest BCUT2D eigenvalue weighted by molar-refractivity contribution is 5.99. The molecule has 0 saturated carbocycles. The summed E-state index contributed by atoms with van der Waals surface area (Å²) in [6.07, 6.45) is 8.21. The van der Waals surface area contributed by atoms with Gasteiger partial charge in [-0.2, -0.15) is 5.26 Å². The van der Waals surface area contributed by atoms with Crippen LogP contribution in [-0.2, 0) is 4.79 Å². The molecule has 1 aromatic heterocycles. The molecule has 0 radical (unpaired) electrons. The van der Waals surface area contributed by atoms with Crippen molar-refractivity contribution in [3.63, 3.8) is 0 Å². The van der Waals surface area contributed by atoms with Gasteiger partial charge in [-0.15, -0.1) is 0 Å². The second kappa shape index (κ2) is 8.46. The average molecular weight is 393 g/mol. The summed E-state index contributed by atoms with van der Waals surface area (Å²) in [6, 6.07) is 20.4. The Morgan fingerprint density at radius 2 is 2.00 bits per heavy atom. The molecular formula is C25H19N3O2. The molecule has 0 spiro atoms. The van der Waals surface area contributed by atoms with Gasteiger partial charge in [0.15, 0.2) is 0 Å². The predicted octanol–water partition coefficient (Wildman–Crippen LogP) is 4.47. The molecular weight excluding hydrogens is 374 g/mol. The van der Waals surface area contributed by atoms with Crippen LogP contribution < -0.4 is 9.64 Å². The Hall–Kier alpha value is -4.17. The standard InChI is InChI=1S/C25H19N3O2/c1-30-22-9-4-7-18(12-22)20-13-24(23-10-3-2-6-19(23)14-26)25(17-29)28(16-20)21-8-5-11-27-15-21/h2-13,15-17,25H,1H3. The van der Waals surface area contributed by atoms with Crippen LogP contribution in [0.2, 0.25) is 0 Å². The van der Waals surface area contributed by atoms with Crippen molar-refractivity contribution in [3.8, 4) is 11.8 Å². The fraction of sp³-hybridized carbons (Fsp3) is 0.0800. The van der Waals surface area contributed by atoms with E-state index in [1.54, 1.807) is 25.6 Å². The van der Waals surface area contributed by atoms with E-state index >= 15 is 0 Å². The number of anilines is 1. The molecule has 0 N–H and O–H groups in total. The maximum Gasteiger partial charge on any atom is 0.147 e. The molecule has 5 heteroatoms. The number of carbonyl (C=O) groups excluding carboxylic acids is 1. The average Bonchev–Trinajstić information content (AvgIpc) is 2.83. The smallest absolute Gasteiger partial charge is 0.147 e. The van der Waals surface area contributed by atoms with Crippen LogP contribution >= 0.6 is 0 Å². The van der Waals surface area contributed by atoms with E-state index in [9.17, 15) is 10.1 Å². The van der Waals surface area contributed by atoms with E-state index in [4.69, 9.17) is 4.74 Å². The Bertz CT molecular complexity index is 1180. The molecule has 0 fully saturated rings. The van der Waals surface area contributed by atoms with Crippen LogP contribution in [0.5, 0.6) is 5.75 Å². The molecule has 0 saturated heterocycles. The van der Waals surface area contributed by atoms with Gasteiger partial charge in [0.05, 0.1) is 30.6 Å². The van der Waals surface area contributed by atoms with E-state index in [-0.39, 0.29) is 0 Å². The van der Waals surface area contributed by atoms with Crippen molar-refractivity contribution in [2.75, 3.05) is 12.0 Å². The summed E-state index contributed by atoms with van der Waals surface area (Å²) < 4.78 is 5.38. The van der Waals surface area contributed by atoms with E-state index in [0.717, 1.165) is 40.0 Å². The largest absolute Gasteiger partial charge is 0.497 e. The lowest BCUT2D eigenvalue weighted by Gasteiger charge is -2.33. The van der Waals surface area contributed by atoms with Crippen molar-refractivity contribution in [2.45, 2.75) is 6.04 Å². The van der Waals surface area contributed by atoms with Crippen molar-refractivity contribution in [1.29, 1.82) is 5.26 Å². The zero-order valence-corrected chi connectivity index (χ0v) is 16.4. The number of ether oxygens (including phenoxy) is 1. The quantitative estimate of drug-likeness (QED) is 0.598. The van der Waals surface area contributed by atoms with Crippen molar-refractivity contribution >= 4 is 23.1 Å². The number of aldehydes is 1. The Balaban J connectivity index is 1.93. The molecule has 146 valence electrons. The molecule has 0 amide bonds. The van der Waals surface area contributed by atoms with Gasteiger partial charge in [-0.3, -0.25) is 4.98 Å². The predicted molar refractivity (Wildman–Crippen MR) is 117 cm³/mol. The summed E-state index contributed by atoms with van der Waals surface area (Å²) in [4.78, 5) is 18.3. The lowest BCUT2D eigenvalue weighted by Crippen LogP contribution is -2.35. The number of hydrogen-bond acceptors (Lipinski definition) is 5. The van der Waals surface area contributed by atoms with E-state index in [2.05, 4.69) is 11.1 Å². The van der Waals surface area contributed by atoms with Gasteiger partial charge in [0, 0.05) is 12.4 Å². The third-order valence-electron chi connectivity index (χ3n) is 5.04. The van der Waals surface area contributed by atoms with Crippen molar-refractivity contribution < 1.29 is 9.53 Å². The number of hydrogen-bond donors (Lipinski definition) is 0. The number of pyridine rings is 1. The number of carbonyl (C=O) groups is 1. The Morgan fingerprint density at radius 1 is 1.13 bits per heavy atom. The fourth-order valence-corrected chi connectivity index (χ4v) is 3.58. The van der Waals surface area contributed by atoms with Gasteiger partial charge in [0.1, 0.15) is 18.1 Å². The minimum Gasteiger partial charge on any atom is -0.497 e. The number of nitrogens with zero attached hydrogens (tertiary/aromatic N) is 3. The summed E-state index contributed by atoms with van der Waals surface area (Å²) in [5, 5.41) is 9.62. The maximum atomic E-state index is 12.2. The van der Waals surface area contributed by atoms with E-state index in [0.29, 0.717) is 5.56 Å². The molecule has 5 nitrogen and oxygen atoms in total. The third-order valence-corrected chi connectivity index (χ3v) is 5.04. The molecule has 0 aliphatic carbocycles. The highest BCUT2D eigenvalue weighted by atomic mass is 16.5. The first-order valence-corrected chi connectivity index (χ1v) is 9.46. The maximum absolute atomic E-state index is 12.2. The number of aromatic nitrogens is 1. The SMILES string of the molecule is COc1cccc(C2=CN(c3cccnc3)C(C=O)C(c3ccccc3C#N)=C2)c1. The third kappa shape index (κ3) is 3.59. The number of benzene rings is 2. The minimum atomic E-state index is -0.585. The second-order valence-electron chi connectivity index (χ2n) is 6.77. The first-order chi connectivity index (χ1) is 14.7. The van der Waals surface area contributed by atoms with Crippen LogP contribution in [0.4, 0.5) is 5.69 Å². The van der Waals surface area contributed by atoms with Gasteiger partial charge in [-0.05, 0) is 58.7 Å². The van der Waals surface area contributed by atoms with Crippen LogP contribution in [0.25, 0.3) is 11.1 Å². The van der Waals surface area contributed by atoms with Gasteiger partial charge in [0.2, 0.25) is 0 Å². The zero-order chi connectivity index (χ0) is 20.9. The van der Waals surface area contributed by atoms with Gasteiger partial charge in [-0.1, -0.05) is 30.3 Å². The summed E-state index contributed by atoms with van der Waals surface area (Å²) in [6.45, 7) is 0. The molecule has 2 heterocycles. The van der Waals surface area contributed by atoms with Gasteiger partial charge >= 0.3 is 0 Å². The Morgan fingerprint density at radius 3 is 2.73 bits per heavy atom. The Labute approximate surface area is 175 Å². The van der Waals surface area contributed by atoms with Crippen molar-refractivity contribution in [2.24, 2.45) is 0 Å². The highest BCUT2D eigenvalue weighted by Crippen LogP contribution is 2.36. The molecule has 1 aliphatic heterocycles. The van der Waals surface area contributed by atoms with E-state index < -0.39 is 6.04 Å². The van der Waals surface area contributed by atoms with Crippen LogP contribution in [0.15, 0.2) is 85.3 Å². The van der Waals surface area contributed by atoms with E-state index in [1.807, 2.05) is 71.8 Å². The lowest BCUT2D eigenvalue weighted by atomic mass is 9.88. The monoisotopic (exact) mass is 393 g/mol. The summed E-state index contributed by atoms with van der Waals surface area (Å²) in [7, 11) is 1.63. The van der Waals surface area contributed by atoms with Crippen molar-refractivity contribution in [1.82, 2.24) is 4.98 Å². The highest BCUT2D eigenvalue weighted by Gasteiger charge is 2.28. The molecule has 1 unspecified atom stereocenters. The van der Waals surface area contributed by atoms with Gasteiger partial charge < -0.3 is 14.4 Å². The summed E-state index contributed by atoms with van der Waals surface area (Å²) in [5.74, 6) is 0.742. The molecule has 0 bridgehead atoms. The van der Waals surface area contributed by atoms with Crippen LogP contribution in [-0.4, -0.2) is 24.4 Å². The first kappa shape index (κ1) is 19.2. The van der Waals surface area contributed by atoms with Gasteiger partial charge in [-0.25, -0.2) is 0 Å². The normalized spacial score (nSPS) is 15.6. The molecule has 3 aromatic rings. The topological polar surface area (TPSA) is 66.2 Å². The Kier molecular flexibility index (Phi) is 5.40. The van der Waals surface area contributed by atoms with Crippen molar-refractivity contribution in [3.05, 3.63) is 102 Å². The molecule has 2 aromatic carbocycles. The first-order valence-electron chi connectivity index (χ1n) is 9.46.